The van der Waals surface area contributed by atoms with Crippen molar-refractivity contribution >= 4 is 32.6 Å². The van der Waals surface area contributed by atoms with Crippen LogP contribution in [-0.4, -0.2) is 51.0 Å². The summed E-state index contributed by atoms with van der Waals surface area (Å²) in [5.74, 6) is -0.461. The third kappa shape index (κ3) is 4.62. The fraction of sp³-hybridized carbons (Fsp3) is 0.812. The van der Waals surface area contributed by atoms with Gasteiger partial charge in [0.05, 0.1) is 6.54 Å². The number of carbonyl (C=O) groups excluding carboxylic acids is 2. The van der Waals surface area contributed by atoms with Crippen LogP contribution >= 0.6 is 15.9 Å². The highest BCUT2D eigenvalue weighted by atomic mass is 79.9. The summed E-state index contributed by atoms with van der Waals surface area (Å²) < 4.78 is 11.6. The molecule has 2 aliphatic heterocycles. The molecule has 24 heavy (non-hydrogen) atoms. The van der Waals surface area contributed by atoms with Gasteiger partial charge in [-0.05, 0) is 57.5 Å². The summed E-state index contributed by atoms with van der Waals surface area (Å²) in [6, 6.07) is -0.757. The Morgan fingerprint density at radius 3 is 2.25 bits per heavy atom. The fourth-order valence-corrected chi connectivity index (χ4v) is 3.29. The van der Waals surface area contributed by atoms with E-state index in [0.29, 0.717) is 17.5 Å². The molecular weight excluding hydrogens is 380 g/mol. The Bertz CT molecular complexity index is 526. The van der Waals surface area contributed by atoms with Crippen molar-refractivity contribution in [1.29, 1.82) is 0 Å². The van der Waals surface area contributed by atoms with E-state index in [9.17, 15) is 9.59 Å². The highest BCUT2D eigenvalue weighted by Gasteiger charge is 2.55. The second-order valence-corrected chi connectivity index (χ2v) is 9.20. The van der Waals surface area contributed by atoms with E-state index in [2.05, 4.69) is 21.1 Å². The van der Waals surface area contributed by atoms with E-state index in [1.54, 1.807) is 41.5 Å². The molecule has 0 aliphatic carbocycles. The van der Waals surface area contributed by atoms with Gasteiger partial charge in [0.1, 0.15) is 21.9 Å². The minimum absolute atomic E-state index is 0.227. The predicted molar refractivity (Wildman–Crippen MR) is 92.0 cm³/mol. The first-order valence-corrected chi connectivity index (χ1v) is 8.73. The average Bonchev–Trinajstić information content (AvgIpc) is 2.90. The molecule has 1 saturated heterocycles. The Kier molecular flexibility index (Phi) is 4.92. The second kappa shape index (κ2) is 6.20. The van der Waals surface area contributed by atoms with Crippen molar-refractivity contribution in [3.05, 3.63) is 0 Å². The third-order valence-corrected chi connectivity index (χ3v) is 3.94. The molecule has 0 aromatic carbocycles. The summed E-state index contributed by atoms with van der Waals surface area (Å²) in [6.45, 7) is 10.9. The molecule has 2 aliphatic rings. The average molecular weight is 405 g/mol. The van der Waals surface area contributed by atoms with Crippen LogP contribution in [-0.2, 0) is 19.1 Å². The molecule has 1 fully saturated rings. The van der Waals surface area contributed by atoms with Crippen molar-refractivity contribution in [2.24, 2.45) is 5.16 Å². The lowest BCUT2D eigenvalue weighted by atomic mass is 9.97. The van der Waals surface area contributed by atoms with Crippen molar-refractivity contribution < 1.29 is 23.9 Å². The highest BCUT2D eigenvalue weighted by molar-refractivity contribution is 9.18. The molecule has 0 unspecified atom stereocenters. The van der Waals surface area contributed by atoms with Crippen LogP contribution in [0.3, 0.4) is 0 Å². The van der Waals surface area contributed by atoms with Crippen LogP contribution in [0.15, 0.2) is 5.16 Å². The molecule has 0 bridgehead atoms. The number of nitrogens with zero attached hydrogens (tertiary/aromatic N) is 2. The fourth-order valence-electron chi connectivity index (χ4n) is 2.71. The Labute approximate surface area is 150 Å². The zero-order chi connectivity index (χ0) is 18.3. The summed E-state index contributed by atoms with van der Waals surface area (Å²) in [4.78, 5) is 32.0. The van der Waals surface area contributed by atoms with Gasteiger partial charge in [0.2, 0.25) is 0 Å². The van der Waals surface area contributed by atoms with E-state index in [-0.39, 0.29) is 6.54 Å². The highest BCUT2D eigenvalue weighted by Crippen LogP contribution is 2.39. The Morgan fingerprint density at radius 1 is 1.21 bits per heavy atom. The largest absolute Gasteiger partial charge is 0.458 e. The normalized spacial score (nSPS) is 27.0. The second-order valence-electron chi connectivity index (χ2n) is 8.28. The molecule has 0 saturated carbocycles. The number of esters is 1. The van der Waals surface area contributed by atoms with Gasteiger partial charge in [0, 0.05) is 12.8 Å². The smallest absolute Gasteiger partial charge is 0.411 e. The Hall–Kier alpha value is -1.31. The van der Waals surface area contributed by atoms with Crippen LogP contribution in [0.1, 0.15) is 54.4 Å². The SMILES string of the molecule is CC(C)(C)OC(=O)[C@H]1C[C@@]2(CC(Br)=NO2)CN1C(=O)OC(C)(C)C. The number of hydrogen-bond acceptors (Lipinski definition) is 6. The maximum atomic E-state index is 12.6. The van der Waals surface area contributed by atoms with E-state index in [1.807, 2.05) is 0 Å². The molecule has 0 N–H and O–H groups in total. The minimum atomic E-state index is -0.757. The van der Waals surface area contributed by atoms with Gasteiger partial charge in [-0.1, -0.05) is 5.16 Å². The number of likely N-dealkylation sites (tertiary alicyclic amines) is 1. The number of rotatable bonds is 1. The lowest BCUT2D eigenvalue weighted by Gasteiger charge is -2.29. The van der Waals surface area contributed by atoms with E-state index in [0.717, 1.165) is 0 Å². The van der Waals surface area contributed by atoms with Crippen molar-refractivity contribution in [3.63, 3.8) is 0 Å². The number of carbonyl (C=O) groups is 2. The van der Waals surface area contributed by atoms with Crippen LogP contribution in [0, 0.1) is 0 Å². The number of halogens is 1. The minimum Gasteiger partial charge on any atom is -0.458 e. The van der Waals surface area contributed by atoms with Gasteiger partial charge in [-0.3, -0.25) is 4.90 Å². The molecule has 0 radical (unpaired) electrons. The first kappa shape index (κ1) is 19.0. The van der Waals surface area contributed by atoms with Crippen LogP contribution in [0.25, 0.3) is 0 Å². The van der Waals surface area contributed by atoms with Gasteiger partial charge in [-0.15, -0.1) is 0 Å². The molecule has 2 atom stereocenters. The zero-order valence-corrected chi connectivity index (χ0v) is 16.6. The van der Waals surface area contributed by atoms with Gasteiger partial charge in [-0.25, -0.2) is 9.59 Å². The van der Waals surface area contributed by atoms with E-state index in [4.69, 9.17) is 14.3 Å². The molecule has 2 heterocycles. The molecule has 2 rings (SSSR count). The van der Waals surface area contributed by atoms with Crippen molar-refractivity contribution in [2.75, 3.05) is 6.54 Å². The van der Waals surface area contributed by atoms with Crippen molar-refractivity contribution in [2.45, 2.75) is 77.2 Å². The first-order chi connectivity index (χ1) is 10.8. The molecular formula is C16H25BrN2O5. The van der Waals surface area contributed by atoms with Gasteiger partial charge in [0.25, 0.3) is 0 Å². The quantitative estimate of drug-likeness (QED) is 0.627. The van der Waals surface area contributed by atoms with Crippen molar-refractivity contribution in [3.8, 4) is 0 Å². The summed E-state index contributed by atoms with van der Waals surface area (Å²) in [6.07, 6.45) is 0.271. The van der Waals surface area contributed by atoms with Crippen molar-refractivity contribution in [1.82, 2.24) is 4.90 Å². The predicted octanol–water partition coefficient (Wildman–Crippen LogP) is 3.21. The van der Waals surface area contributed by atoms with Gasteiger partial charge >= 0.3 is 12.1 Å². The Morgan fingerprint density at radius 2 is 1.79 bits per heavy atom. The van der Waals surface area contributed by atoms with E-state index >= 15 is 0 Å². The first-order valence-electron chi connectivity index (χ1n) is 7.93. The topological polar surface area (TPSA) is 77.4 Å². The molecule has 1 amide bonds. The lowest BCUT2D eigenvalue weighted by molar-refractivity contribution is -0.160. The van der Waals surface area contributed by atoms with Crippen LogP contribution < -0.4 is 0 Å². The maximum Gasteiger partial charge on any atom is 0.411 e. The number of ether oxygens (including phenoxy) is 2. The number of amides is 1. The monoisotopic (exact) mass is 404 g/mol. The number of oxime groups is 1. The lowest BCUT2D eigenvalue weighted by Crippen LogP contribution is -2.46. The summed E-state index contributed by atoms with van der Waals surface area (Å²) in [5, 5.41) is 3.91. The van der Waals surface area contributed by atoms with Gasteiger partial charge < -0.3 is 14.3 Å². The molecule has 7 nitrogen and oxygen atoms in total. The third-order valence-electron chi connectivity index (χ3n) is 3.51. The summed E-state index contributed by atoms with van der Waals surface area (Å²) >= 11 is 3.31. The van der Waals surface area contributed by atoms with Gasteiger partial charge in [-0.2, -0.15) is 0 Å². The number of hydrogen-bond donors (Lipinski definition) is 0. The molecule has 0 aromatic rings. The molecule has 0 aromatic heterocycles. The molecule has 8 heteroatoms. The van der Waals surface area contributed by atoms with E-state index < -0.39 is 34.9 Å². The van der Waals surface area contributed by atoms with Crippen LogP contribution in [0.5, 0.6) is 0 Å². The summed E-state index contributed by atoms with van der Waals surface area (Å²) in [5.41, 5.74) is -2.00. The standard InChI is InChI=1S/C16H25BrN2O5/c1-14(2,3)22-12(20)10-7-16(8-11(17)18-24-16)9-19(10)13(21)23-15(4,5)6/h10H,7-9H2,1-6H3/t10-,16-/m1/s1. The summed E-state index contributed by atoms with van der Waals surface area (Å²) in [7, 11) is 0. The zero-order valence-electron chi connectivity index (χ0n) is 15.0. The van der Waals surface area contributed by atoms with Crippen LogP contribution in [0.4, 0.5) is 4.79 Å². The Balaban J connectivity index is 2.20. The van der Waals surface area contributed by atoms with E-state index in [1.165, 1.54) is 4.90 Å². The van der Waals surface area contributed by atoms with Crippen LogP contribution in [0.2, 0.25) is 0 Å². The maximum absolute atomic E-state index is 12.6. The molecule has 1 spiro atoms. The van der Waals surface area contributed by atoms with Gasteiger partial charge in [0.15, 0.2) is 5.60 Å². The molecule has 136 valence electrons.